The van der Waals surface area contributed by atoms with Gasteiger partial charge in [-0.15, -0.1) is 5.10 Å². The number of nitriles is 1. The van der Waals surface area contributed by atoms with Crippen molar-refractivity contribution >= 4 is 16.7 Å². The summed E-state index contributed by atoms with van der Waals surface area (Å²) in [6.07, 6.45) is 2.89. The van der Waals surface area contributed by atoms with Crippen LogP contribution in [-0.2, 0) is 0 Å². The fourth-order valence-electron chi connectivity index (χ4n) is 3.37. The minimum absolute atomic E-state index is 0.278. The number of hydrogen-bond acceptors (Lipinski definition) is 5. The van der Waals surface area contributed by atoms with Gasteiger partial charge in [0.2, 0.25) is 0 Å². The van der Waals surface area contributed by atoms with Crippen molar-refractivity contribution in [1.82, 2.24) is 20.0 Å². The lowest BCUT2D eigenvalue weighted by Crippen LogP contribution is -2.24. The van der Waals surface area contributed by atoms with Crippen LogP contribution in [0.3, 0.4) is 0 Å². The first-order valence-electron chi connectivity index (χ1n) is 8.10. The Morgan fingerprint density at radius 2 is 2.04 bits per heavy atom. The van der Waals surface area contributed by atoms with Crippen molar-refractivity contribution in [2.45, 2.75) is 26.3 Å². The molecule has 0 spiro atoms. The number of para-hydroxylation sites is 1. The third-order valence-corrected chi connectivity index (χ3v) is 4.86. The van der Waals surface area contributed by atoms with E-state index in [0.717, 1.165) is 41.7 Å². The van der Waals surface area contributed by atoms with E-state index in [9.17, 15) is 5.26 Å². The molecular formula is C18H18N6. The van der Waals surface area contributed by atoms with Gasteiger partial charge in [-0.3, -0.25) is 4.68 Å². The third kappa shape index (κ3) is 2.21. The van der Waals surface area contributed by atoms with Crippen LogP contribution in [0.4, 0.5) is 5.82 Å². The predicted octanol–water partition coefficient (Wildman–Crippen LogP) is 2.77. The van der Waals surface area contributed by atoms with E-state index in [-0.39, 0.29) is 6.04 Å². The number of aryl methyl sites for hydroxylation is 1. The van der Waals surface area contributed by atoms with E-state index in [1.165, 1.54) is 0 Å². The lowest BCUT2D eigenvalue weighted by Gasteiger charge is -2.19. The molecule has 1 aliphatic rings. The minimum Gasteiger partial charge on any atom is -0.352 e. The van der Waals surface area contributed by atoms with E-state index in [1.54, 1.807) is 0 Å². The van der Waals surface area contributed by atoms with Gasteiger partial charge < -0.3 is 4.90 Å². The molecule has 0 amide bonds. The molecule has 0 bridgehead atoms. The summed E-state index contributed by atoms with van der Waals surface area (Å²) in [4.78, 5) is 2.15. The molecule has 3 heterocycles. The van der Waals surface area contributed by atoms with Gasteiger partial charge in [-0.05, 0) is 31.9 Å². The molecule has 6 heteroatoms. The Bertz CT molecular complexity index is 952. The van der Waals surface area contributed by atoms with Crippen LogP contribution in [0.1, 0.15) is 29.3 Å². The summed E-state index contributed by atoms with van der Waals surface area (Å²) in [6.45, 7) is 5.46. The Labute approximate surface area is 140 Å². The molecule has 0 saturated carbocycles. The molecule has 3 aromatic rings. The van der Waals surface area contributed by atoms with Crippen molar-refractivity contribution in [2.75, 3.05) is 18.0 Å². The number of fused-ring (bicyclic) bond motifs is 1. The van der Waals surface area contributed by atoms with E-state index >= 15 is 0 Å². The standard InChI is InChI=1S/C18H18N6/c1-12-13(2)21-22-18(16(12)9-19)23-8-7-15(11-23)24-17-6-4-3-5-14(17)10-20-24/h3-6,10,15H,7-8,11H2,1-2H3. The summed E-state index contributed by atoms with van der Waals surface area (Å²) < 4.78 is 2.09. The van der Waals surface area contributed by atoms with Crippen LogP contribution in [0.2, 0.25) is 0 Å². The van der Waals surface area contributed by atoms with Crippen molar-refractivity contribution in [1.29, 1.82) is 5.26 Å². The fourth-order valence-corrected chi connectivity index (χ4v) is 3.37. The molecule has 1 saturated heterocycles. The molecular weight excluding hydrogens is 300 g/mol. The van der Waals surface area contributed by atoms with Crippen molar-refractivity contribution in [2.24, 2.45) is 0 Å². The molecule has 1 unspecified atom stereocenters. The van der Waals surface area contributed by atoms with Gasteiger partial charge in [-0.2, -0.15) is 15.5 Å². The molecule has 0 aliphatic carbocycles. The average molecular weight is 318 g/mol. The van der Waals surface area contributed by atoms with E-state index in [2.05, 4.69) is 43.1 Å². The summed E-state index contributed by atoms with van der Waals surface area (Å²) in [5.41, 5.74) is 3.50. The molecule has 120 valence electrons. The number of rotatable bonds is 2. The quantitative estimate of drug-likeness (QED) is 0.726. The summed E-state index contributed by atoms with van der Waals surface area (Å²) in [5.74, 6) is 0.694. The normalized spacial score (nSPS) is 17.4. The lowest BCUT2D eigenvalue weighted by atomic mass is 10.1. The second-order valence-corrected chi connectivity index (χ2v) is 6.26. The maximum Gasteiger partial charge on any atom is 0.169 e. The maximum atomic E-state index is 9.51. The smallest absolute Gasteiger partial charge is 0.169 e. The Morgan fingerprint density at radius 1 is 1.21 bits per heavy atom. The van der Waals surface area contributed by atoms with E-state index in [0.29, 0.717) is 11.4 Å². The number of benzene rings is 1. The first-order valence-corrected chi connectivity index (χ1v) is 8.10. The van der Waals surface area contributed by atoms with Crippen LogP contribution in [-0.4, -0.2) is 33.1 Å². The number of hydrogen-bond donors (Lipinski definition) is 0. The molecule has 24 heavy (non-hydrogen) atoms. The third-order valence-electron chi connectivity index (χ3n) is 4.86. The summed E-state index contributed by atoms with van der Waals surface area (Å²) in [6, 6.07) is 10.8. The van der Waals surface area contributed by atoms with E-state index < -0.39 is 0 Å². The lowest BCUT2D eigenvalue weighted by molar-refractivity contribution is 0.510. The average Bonchev–Trinajstić information content (AvgIpc) is 3.23. The zero-order valence-electron chi connectivity index (χ0n) is 13.8. The molecule has 1 aromatic carbocycles. The molecule has 0 radical (unpaired) electrons. The van der Waals surface area contributed by atoms with Crippen LogP contribution in [0, 0.1) is 25.2 Å². The van der Waals surface area contributed by atoms with Gasteiger partial charge in [0.15, 0.2) is 5.82 Å². The summed E-state index contributed by atoms with van der Waals surface area (Å²) in [7, 11) is 0. The van der Waals surface area contributed by atoms with Gasteiger partial charge in [0.1, 0.15) is 11.6 Å². The first kappa shape index (κ1) is 14.6. The number of aromatic nitrogens is 4. The molecule has 4 rings (SSSR count). The van der Waals surface area contributed by atoms with Gasteiger partial charge in [0.25, 0.3) is 0 Å². The van der Waals surface area contributed by atoms with Gasteiger partial charge in [-0.25, -0.2) is 0 Å². The molecule has 0 N–H and O–H groups in total. The second kappa shape index (κ2) is 5.60. The highest BCUT2D eigenvalue weighted by Gasteiger charge is 2.29. The van der Waals surface area contributed by atoms with Crippen molar-refractivity contribution in [3.8, 4) is 6.07 Å². The topological polar surface area (TPSA) is 70.6 Å². The van der Waals surface area contributed by atoms with Gasteiger partial charge >= 0.3 is 0 Å². The molecule has 1 atom stereocenters. The molecule has 2 aromatic heterocycles. The SMILES string of the molecule is Cc1nnc(N2CCC(n3ncc4ccccc43)C2)c(C#N)c1C. The van der Waals surface area contributed by atoms with Crippen molar-refractivity contribution in [3.05, 3.63) is 47.3 Å². The van der Waals surface area contributed by atoms with E-state index in [4.69, 9.17) is 0 Å². The Kier molecular flexibility index (Phi) is 3.42. The van der Waals surface area contributed by atoms with E-state index in [1.807, 2.05) is 32.2 Å². The van der Waals surface area contributed by atoms with Gasteiger partial charge in [0, 0.05) is 18.5 Å². The largest absolute Gasteiger partial charge is 0.352 e. The first-order chi connectivity index (χ1) is 11.7. The highest BCUT2D eigenvalue weighted by molar-refractivity contribution is 5.78. The van der Waals surface area contributed by atoms with Gasteiger partial charge in [0.05, 0.1) is 23.4 Å². The highest BCUT2D eigenvalue weighted by Crippen LogP contribution is 2.30. The summed E-state index contributed by atoms with van der Waals surface area (Å²) in [5, 5.41) is 23.7. The Morgan fingerprint density at radius 3 is 2.88 bits per heavy atom. The van der Waals surface area contributed by atoms with Crippen molar-refractivity contribution < 1.29 is 0 Å². The Balaban J connectivity index is 1.66. The van der Waals surface area contributed by atoms with Crippen LogP contribution in [0.15, 0.2) is 30.5 Å². The molecule has 1 aliphatic heterocycles. The zero-order valence-corrected chi connectivity index (χ0v) is 13.8. The predicted molar refractivity (Wildman–Crippen MR) is 91.8 cm³/mol. The second-order valence-electron chi connectivity index (χ2n) is 6.26. The Hall–Kier alpha value is -2.94. The number of nitrogens with zero attached hydrogens (tertiary/aromatic N) is 6. The van der Waals surface area contributed by atoms with Crippen LogP contribution in [0.25, 0.3) is 10.9 Å². The van der Waals surface area contributed by atoms with Crippen LogP contribution in [0.5, 0.6) is 0 Å². The molecule has 6 nitrogen and oxygen atoms in total. The maximum absolute atomic E-state index is 9.51. The van der Waals surface area contributed by atoms with Gasteiger partial charge in [-0.1, -0.05) is 18.2 Å². The van der Waals surface area contributed by atoms with Crippen LogP contribution >= 0.6 is 0 Å². The summed E-state index contributed by atoms with van der Waals surface area (Å²) >= 11 is 0. The zero-order chi connectivity index (χ0) is 16.7. The number of anilines is 1. The van der Waals surface area contributed by atoms with Crippen LogP contribution < -0.4 is 4.90 Å². The molecule has 1 fully saturated rings. The highest BCUT2D eigenvalue weighted by atomic mass is 15.4. The van der Waals surface area contributed by atoms with Crippen molar-refractivity contribution in [3.63, 3.8) is 0 Å². The fraction of sp³-hybridized carbons (Fsp3) is 0.333. The monoisotopic (exact) mass is 318 g/mol. The minimum atomic E-state index is 0.278.